The van der Waals surface area contributed by atoms with Gasteiger partial charge in [-0.3, -0.25) is 0 Å². The second-order valence-corrected chi connectivity index (χ2v) is 9.87. The molecule has 0 atom stereocenters. The Bertz CT molecular complexity index is 1470. The second-order valence-electron chi connectivity index (χ2n) is 9.87. The van der Waals surface area contributed by atoms with Crippen LogP contribution in [-0.4, -0.2) is 17.5 Å². The van der Waals surface area contributed by atoms with Crippen molar-refractivity contribution >= 4 is 38.7 Å². The maximum absolute atomic E-state index is 2.52. The molecule has 5 aromatic rings. The van der Waals surface area contributed by atoms with Gasteiger partial charge in [-0.2, -0.15) is 8.80 Å². The molecule has 2 aromatic carbocycles. The maximum Gasteiger partial charge on any atom is 0.292 e. The normalized spacial score (nSPS) is 17.9. The lowest BCUT2D eigenvalue weighted by molar-refractivity contribution is -0.479. The van der Waals surface area contributed by atoms with Crippen LogP contribution in [0.2, 0.25) is 0 Å². The van der Waals surface area contributed by atoms with Gasteiger partial charge in [0.1, 0.15) is 17.2 Å². The highest BCUT2D eigenvalue weighted by Gasteiger charge is 2.20. The van der Waals surface area contributed by atoms with E-state index >= 15 is 0 Å². The van der Waals surface area contributed by atoms with Crippen molar-refractivity contribution in [3.05, 3.63) is 72.4 Å². The quantitative estimate of drug-likeness (QED) is 0.292. The van der Waals surface area contributed by atoms with E-state index in [0.717, 1.165) is 5.92 Å². The number of imidazole rings is 1. The van der Waals surface area contributed by atoms with E-state index in [9.17, 15) is 0 Å². The molecule has 4 heterocycles. The molecule has 32 heavy (non-hydrogen) atoms. The van der Waals surface area contributed by atoms with Gasteiger partial charge >= 0.3 is 0 Å². The van der Waals surface area contributed by atoms with Gasteiger partial charge in [0.25, 0.3) is 5.65 Å². The summed E-state index contributed by atoms with van der Waals surface area (Å²) in [5.41, 5.74) is 7.95. The zero-order valence-electron chi connectivity index (χ0n) is 18.6. The fourth-order valence-corrected chi connectivity index (χ4v) is 6.23. The van der Waals surface area contributed by atoms with Gasteiger partial charge in [-0.1, -0.05) is 25.3 Å². The summed E-state index contributed by atoms with van der Waals surface area (Å²) in [6.45, 7) is 2.37. The monoisotopic (exact) mass is 420 g/mol. The Morgan fingerprint density at radius 3 is 2.44 bits per heavy atom. The Kier molecular flexibility index (Phi) is 4.18. The van der Waals surface area contributed by atoms with E-state index in [1.54, 1.807) is 0 Å². The molecular formula is C29H30N3+. The minimum absolute atomic E-state index is 0.746. The van der Waals surface area contributed by atoms with Crippen LogP contribution in [0.4, 0.5) is 5.69 Å². The average molecular weight is 421 g/mol. The predicted octanol–water partition coefficient (Wildman–Crippen LogP) is 6.63. The van der Waals surface area contributed by atoms with Crippen molar-refractivity contribution in [3.63, 3.8) is 0 Å². The van der Waals surface area contributed by atoms with Gasteiger partial charge in [0.05, 0.1) is 0 Å². The Labute approximate surface area is 188 Å². The second kappa shape index (κ2) is 7.23. The third-order valence-corrected chi connectivity index (χ3v) is 7.95. The molecule has 1 saturated carbocycles. The van der Waals surface area contributed by atoms with Crippen molar-refractivity contribution in [2.75, 3.05) is 18.0 Å². The van der Waals surface area contributed by atoms with Crippen LogP contribution in [0.15, 0.2) is 66.9 Å². The standard InChI is InChI=1S/C29H30N3/c1-2-6-21(7-3-1)22-9-13-27-23(18-22)10-15-29-31(27)20-26-11-8-24-19-25(30-16-4-5-17-30)12-14-28(24)32(26)29/h8-15,18-21H,1-7,16-17H2/q+1. The molecule has 0 spiro atoms. The number of benzene rings is 2. The molecule has 0 amide bonds. The summed E-state index contributed by atoms with van der Waals surface area (Å²) in [7, 11) is 0. The summed E-state index contributed by atoms with van der Waals surface area (Å²) >= 11 is 0. The minimum Gasteiger partial charge on any atom is -0.372 e. The molecule has 7 rings (SSSR count). The van der Waals surface area contributed by atoms with Crippen LogP contribution in [0.5, 0.6) is 0 Å². The molecule has 1 aliphatic carbocycles. The molecule has 0 bridgehead atoms. The maximum atomic E-state index is 2.52. The lowest BCUT2D eigenvalue weighted by Crippen LogP contribution is -2.20. The number of anilines is 1. The van der Waals surface area contributed by atoms with E-state index in [1.165, 1.54) is 102 Å². The summed E-state index contributed by atoms with van der Waals surface area (Å²) in [4.78, 5) is 2.52. The number of hydrogen-bond acceptors (Lipinski definition) is 1. The molecule has 3 aromatic heterocycles. The van der Waals surface area contributed by atoms with Crippen LogP contribution < -0.4 is 9.30 Å². The smallest absolute Gasteiger partial charge is 0.292 e. The first-order valence-corrected chi connectivity index (χ1v) is 12.4. The zero-order valence-corrected chi connectivity index (χ0v) is 18.6. The summed E-state index contributed by atoms with van der Waals surface area (Å²) in [5, 5.41) is 2.66. The number of rotatable bonds is 2. The van der Waals surface area contributed by atoms with Gasteiger partial charge in [0, 0.05) is 35.6 Å². The largest absolute Gasteiger partial charge is 0.372 e. The summed E-state index contributed by atoms with van der Waals surface area (Å²) in [5.74, 6) is 0.746. The molecule has 3 nitrogen and oxygen atoms in total. The van der Waals surface area contributed by atoms with Crippen LogP contribution in [0, 0.1) is 0 Å². The molecule has 3 heteroatoms. The molecule has 0 radical (unpaired) electrons. The van der Waals surface area contributed by atoms with Crippen molar-refractivity contribution < 1.29 is 4.40 Å². The van der Waals surface area contributed by atoms with Gasteiger partial charge in [-0.25, -0.2) is 0 Å². The van der Waals surface area contributed by atoms with Gasteiger partial charge in [-0.05, 0) is 85.7 Å². The van der Waals surface area contributed by atoms with Crippen LogP contribution >= 0.6 is 0 Å². The molecule has 1 saturated heterocycles. The number of aromatic nitrogens is 2. The molecule has 2 fully saturated rings. The predicted molar refractivity (Wildman–Crippen MR) is 133 cm³/mol. The van der Waals surface area contributed by atoms with E-state index < -0.39 is 0 Å². The van der Waals surface area contributed by atoms with E-state index in [0.29, 0.717) is 0 Å². The highest BCUT2D eigenvalue weighted by molar-refractivity contribution is 5.88. The third kappa shape index (κ3) is 2.83. The van der Waals surface area contributed by atoms with E-state index in [4.69, 9.17) is 0 Å². The summed E-state index contributed by atoms with van der Waals surface area (Å²) < 4.78 is 4.79. The van der Waals surface area contributed by atoms with Crippen molar-refractivity contribution in [1.29, 1.82) is 0 Å². The Balaban J connectivity index is 1.39. The first-order valence-electron chi connectivity index (χ1n) is 12.4. The topological polar surface area (TPSA) is 11.8 Å². The number of pyridine rings is 2. The number of fused-ring (bicyclic) bond motifs is 7. The lowest BCUT2D eigenvalue weighted by Gasteiger charge is -2.22. The van der Waals surface area contributed by atoms with Gasteiger partial charge in [-0.15, -0.1) is 0 Å². The van der Waals surface area contributed by atoms with E-state index in [1.807, 2.05) is 0 Å². The number of nitrogens with zero attached hydrogens (tertiary/aromatic N) is 3. The highest BCUT2D eigenvalue weighted by Crippen LogP contribution is 2.34. The molecular weight excluding hydrogens is 390 g/mol. The average Bonchev–Trinajstić information content (AvgIpc) is 3.52. The molecule has 2 aliphatic rings. The van der Waals surface area contributed by atoms with Gasteiger partial charge in [0.2, 0.25) is 0 Å². The van der Waals surface area contributed by atoms with Crippen molar-refractivity contribution in [3.8, 4) is 0 Å². The molecule has 160 valence electrons. The molecule has 0 N–H and O–H groups in total. The third-order valence-electron chi connectivity index (χ3n) is 7.95. The van der Waals surface area contributed by atoms with Crippen LogP contribution in [0.3, 0.4) is 0 Å². The van der Waals surface area contributed by atoms with Crippen molar-refractivity contribution in [2.24, 2.45) is 0 Å². The van der Waals surface area contributed by atoms with Gasteiger partial charge in [0.15, 0.2) is 5.52 Å². The Morgan fingerprint density at radius 2 is 1.56 bits per heavy atom. The van der Waals surface area contributed by atoms with Gasteiger partial charge < -0.3 is 4.90 Å². The van der Waals surface area contributed by atoms with Crippen molar-refractivity contribution in [2.45, 2.75) is 50.9 Å². The molecule has 0 unspecified atom stereocenters. The van der Waals surface area contributed by atoms with Crippen LogP contribution in [0.25, 0.3) is 33.0 Å². The first-order chi connectivity index (χ1) is 15.8. The Hall–Kier alpha value is -3.07. The van der Waals surface area contributed by atoms with Crippen LogP contribution in [-0.2, 0) is 0 Å². The van der Waals surface area contributed by atoms with E-state index in [-0.39, 0.29) is 0 Å². The minimum atomic E-state index is 0.746. The fourth-order valence-electron chi connectivity index (χ4n) is 6.23. The summed E-state index contributed by atoms with van der Waals surface area (Å²) in [6, 6.07) is 23.3. The fraction of sp³-hybridized carbons (Fsp3) is 0.345. The Morgan fingerprint density at radius 1 is 0.719 bits per heavy atom. The van der Waals surface area contributed by atoms with Crippen molar-refractivity contribution in [1.82, 2.24) is 4.40 Å². The number of hydrogen-bond donors (Lipinski definition) is 0. The van der Waals surface area contributed by atoms with E-state index in [2.05, 4.69) is 80.6 Å². The SMILES string of the molecule is c1cc2c(ccc3n4c(ccc5cc(N6CCCC6)ccc54)c[n+]23)cc1C1CCCCC1. The summed E-state index contributed by atoms with van der Waals surface area (Å²) in [6.07, 6.45) is 11.8. The molecule has 1 aliphatic heterocycles. The first kappa shape index (κ1) is 18.5. The zero-order chi connectivity index (χ0) is 21.1. The lowest BCUT2D eigenvalue weighted by atomic mass is 9.84. The van der Waals surface area contributed by atoms with Crippen LogP contribution in [0.1, 0.15) is 56.4 Å². The highest BCUT2D eigenvalue weighted by atomic mass is 15.1.